The number of ether oxygens (including phenoxy) is 1. The number of rotatable bonds is 5. The van der Waals surface area contributed by atoms with Gasteiger partial charge in [0, 0.05) is 36.1 Å². The van der Waals surface area contributed by atoms with Gasteiger partial charge in [-0.1, -0.05) is 31.2 Å². The first-order valence-electron chi connectivity index (χ1n) is 7.95. The van der Waals surface area contributed by atoms with Crippen molar-refractivity contribution in [2.75, 3.05) is 13.7 Å². The van der Waals surface area contributed by atoms with Crippen molar-refractivity contribution in [3.8, 4) is 0 Å². The fourth-order valence-electron chi connectivity index (χ4n) is 3.46. The van der Waals surface area contributed by atoms with Crippen LogP contribution in [0.2, 0.25) is 0 Å². The summed E-state index contributed by atoms with van der Waals surface area (Å²) in [7, 11) is 2.05. The van der Waals surface area contributed by atoms with E-state index in [1.54, 1.807) is 0 Å². The van der Waals surface area contributed by atoms with E-state index < -0.39 is 0 Å². The highest BCUT2D eigenvalue weighted by Gasteiger charge is 2.33. The lowest BCUT2D eigenvalue weighted by molar-refractivity contribution is 0.0782. The second-order valence-corrected chi connectivity index (χ2v) is 5.86. The first kappa shape index (κ1) is 14.5. The molecule has 1 aliphatic heterocycles. The van der Waals surface area contributed by atoms with Crippen LogP contribution in [0.4, 0.5) is 0 Å². The molecule has 0 amide bonds. The number of benzene rings is 1. The molecule has 1 N–H and O–H groups in total. The molecule has 2 heterocycles. The third kappa shape index (κ3) is 3.09. The Bertz CT molecular complexity index is 599. The molecule has 3 atom stereocenters. The molecule has 1 aromatic carbocycles. The highest BCUT2D eigenvalue weighted by Crippen LogP contribution is 2.28. The Morgan fingerprint density at radius 3 is 2.95 bits per heavy atom. The predicted molar refractivity (Wildman–Crippen MR) is 86.4 cm³/mol. The van der Waals surface area contributed by atoms with Gasteiger partial charge >= 0.3 is 0 Å². The average Bonchev–Trinajstić information content (AvgIpc) is 3.01. The molecule has 3 heteroatoms. The van der Waals surface area contributed by atoms with Gasteiger partial charge in [-0.25, -0.2) is 0 Å². The number of pyridine rings is 1. The molecule has 2 aromatic rings. The summed E-state index contributed by atoms with van der Waals surface area (Å²) in [4.78, 5) is 4.80. The molecular weight excluding hydrogens is 260 g/mol. The second-order valence-electron chi connectivity index (χ2n) is 5.86. The summed E-state index contributed by atoms with van der Waals surface area (Å²) in [5.41, 5.74) is 2.24. The zero-order valence-electron chi connectivity index (χ0n) is 12.9. The predicted octanol–water partition coefficient (Wildman–Crippen LogP) is 3.18. The van der Waals surface area contributed by atoms with Gasteiger partial charge in [0.05, 0.1) is 11.6 Å². The summed E-state index contributed by atoms with van der Waals surface area (Å²) < 4.78 is 5.85. The van der Waals surface area contributed by atoms with Crippen molar-refractivity contribution >= 4 is 10.9 Å². The number of hydrogen-bond donors (Lipinski definition) is 1. The Morgan fingerprint density at radius 1 is 1.29 bits per heavy atom. The van der Waals surface area contributed by atoms with Crippen LogP contribution in [0.25, 0.3) is 10.9 Å². The van der Waals surface area contributed by atoms with Gasteiger partial charge in [0.2, 0.25) is 0 Å². The van der Waals surface area contributed by atoms with Crippen LogP contribution in [-0.2, 0) is 11.2 Å². The molecule has 21 heavy (non-hydrogen) atoms. The minimum Gasteiger partial charge on any atom is -0.378 e. The smallest absolute Gasteiger partial charge is 0.0705 e. The summed E-state index contributed by atoms with van der Waals surface area (Å²) in [6.45, 7) is 3.11. The molecule has 0 saturated carbocycles. The van der Waals surface area contributed by atoms with Crippen LogP contribution in [0.3, 0.4) is 0 Å². The zero-order chi connectivity index (χ0) is 14.7. The summed E-state index contributed by atoms with van der Waals surface area (Å²) >= 11 is 0. The fraction of sp³-hybridized carbons (Fsp3) is 0.500. The van der Waals surface area contributed by atoms with Crippen LogP contribution in [0.1, 0.15) is 25.5 Å². The normalized spacial score (nSPS) is 23.5. The van der Waals surface area contributed by atoms with Crippen LogP contribution in [0.15, 0.2) is 36.4 Å². The quantitative estimate of drug-likeness (QED) is 0.915. The maximum Gasteiger partial charge on any atom is 0.0705 e. The standard InChI is InChI=1S/C18H24N2O/c1-3-18-15(10-11-21-18)17(19-2)12-14-9-8-13-6-4-5-7-16(13)20-14/h4-9,15,17-19H,3,10-12H2,1-2H3. The van der Waals surface area contributed by atoms with Crippen molar-refractivity contribution in [1.82, 2.24) is 10.3 Å². The molecule has 1 aliphatic rings. The fourth-order valence-corrected chi connectivity index (χ4v) is 3.46. The van der Waals surface area contributed by atoms with Gasteiger partial charge in [-0.15, -0.1) is 0 Å². The molecule has 3 rings (SSSR count). The molecule has 3 unspecified atom stereocenters. The van der Waals surface area contributed by atoms with Crippen molar-refractivity contribution in [3.05, 3.63) is 42.1 Å². The maximum absolute atomic E-state index is 5.85. The van der Waals surface area contributed by atoms with Gasteiger partial charge in [-0.3, -0.25) is 4.98 Å². The third-order valence-corrected chi connectivity index (χ3v) is 4.64. The van der Waals surface area contributed by atoms with Crippen LogP contribution in [0, 0.1) is 5.92 Å². The molecule has 112 valence electrons. The molecule has 1 aromatic heterocycles. The molecule has 1 fully saturated rings. The van der Waals surface area contributed by atoms with E-state index in [0.717, 1.165) is 37.1 Å². The van der Waals surface area contributed by atoms with Gasteiger partial charge in [0.25, 0.3) is 0 Å². The molecule has 0 spiro atoms. The van der Waals surface area contributed by atoms with Crippen molar-refractivity contribution in [3.63, 3.8) is 0 Å². The molecule has 0 aliphatic carbocycles. The highest BCUT2D eigenvalue weighted by atomic mass is 16.5. The SMILES string of the molecule is CCC1OCCC1C(Cc1ccc2ccccc2n1)NC. The number of nitrogens with zero attached hydrogens (tertiary/aromatic N) is 1. The van der Waals surface area contributed by atoms with E-state index >= 15 is 0 Å². The Balaban J connectivity index is 1.78. The molecular formula is C18H24N2O. The van der Waals surface area contributed by atoms with E-state index in [1.165, 1.54) is 5.39 Å². The molecule has 1 saturated heterocycles. The van der Waals surface area contributed by atoms with Crippen LogP contribution in [0.5, 0.6) is 0 Å². The third-order valence-electron chi connectivity index (χ3n) is 4.64. The zero-order valence-corrected chi connectivity index (χ0v) is 12.9. The van der Waals surface area contributed by atoms with Crippen LogP contribution in [-0.4, -0.2) is 30.8 Å². The molecule has 0 bridgehead atoms. The topological polar surface area (TPSA) is 34.1 Å². The number of hydrogen-bond acceptors (Lipinski definition) is 3. The Kier molecular flexibility index (Phi) is 4.51. The minimum atomic E-state index is 0.392. The Hall–Kier alpha value is -1.45. The van der Waals surface area contributed by atoms with Crippen molar-refractivity contribution in [1.29, 1.82) is 0 Å². The van der Waals surface area contributed by atoms with Crippen molar-refractivity contribution in [2.45, 2.75) is 38.3 Å². The maximum atomic E-state index is 5.85. The lowest BCUT2D eigenvalue weighted by Crippen LogP contribution is -2.39. The van der Waals surface area contributed by atoms with Gasteiger partial charge in [0.15, 0.2) is 0 Å². The molecule has 0 radical (unpaired) electrons. The van der Waals surface area contributed by atoms with Gasteiger partial charge < -0.3 is 10.1 Å². The number of nitrogens with one attached hydrogen (secondary N) is 1. The summed E-state index contributed by atoms with van der Waals surface area (Å²) in [5.74, 6) is 0.591. The minimum absolute atomic E-state index is 0.392. The van der Waals surface area contributed by atoms with Crippen molar-refractivity contribution < 1.29 is 4.74 Å². The Morgan fingerprint density at radius 2 is 2.14 bits per heavy atom. The first-order chi connectivity index (χ1) is 10.3. The van der Waals surface area contributed by atoms with E-state index in [2.05, 4.69) is 49.6 Å². The van der Waals surface area contributed by atoms with E-state index in [4.69, 9.17) is 9.72 Å². The summed E-state index contributed by atoms with van der Waals surface area (Å²) in [5, 5.41) is 4.69. The number of fused-ring (bicyclic) bond motifs is 1. The lowest BCUT2D eigenvalue weighted by atomic mass is 9.88. The first-order valence-corrected chi connectivity index (χ1v) is 7.95. The lowest BCUT2D eigenvalue weighted by Gasteiger charge is -2.26. The number of aromatic nitrogens is 1. The van der Waals surface area contributed by atoms with Gasteiger partial charge in [0.1, 0.15) is 0 Å². The summed E-state index contributed by atoms with van der Waals surface area (Å²) in [6.07, 6.45) is 3.60. The van der Waals surface area contributed by atoms with E-state index in [9.17, 15) is 0 Å². The Labute approximate surface area is 126 Å². The average molecular weight is 284 g/mol. The van der Waals surface area contributed by atoms with Gasteiger partial charge in [-0.05, 0) is 32.0 Å². The summed E-state index contributed by atoms with van der Waals surface area (Å²) in [6, 6.07) is 13.1. The van der Waals surface area contributed by atoms with Crippen molar-refractivity contribution in [2.24, 2.45) is 5.92 Å². The number of likely N-dealkylation sites (N-methyl/N-ethyl adjacent to an activating group) is 1. The van der Waals surface area contributed by atoms with Gasteiger partial charge in [-0.2, -0.15) is 0 Å². The van der Waals surface area contributed by atoms with E-state index in [-0.39, 0.29) is 0 Å². The van der Waals surface area contributed by atoms with Crippen LogP contribution >= 0.6 is 0 Å². The van der Waals surface area contributed by atoms with E-state index in [1.807, 2.05) is 6.07 Å². The second kappa shape index (κ2) is 6.54. The monoisotopic (exact) mass is 284 g/mol. The molecule has 3 nitrogen and oxygen atoms in total. The van der Waals surface area contributed by atoms with Crippen LogP contribution < -0.4 is 5.32 Å². The number of para-hydroxylation sites is 1. The van der Waals surface area contributed by atoms with E-state index in [0.29, 0.717) is 18.1 Å². The largest absolute Gasteiger partial charge is 0.378 e. The highest BCUT2D eigenvalue weighted by molar-refractivity contribution is 5.78.